The molecule has 0 spiro atoms. The smallest absolute Gasteiger partial charge is 0.134 e. The molecule has 1 heterocycles. The second-order valence-electron chi connectivity index (χ2n) is 2.92. The van der Waals surface area contributed by atoms with Gasteiger partial charge in [-0.05, 0) is 37.6 Å². The molecular weight excluding hydrogens is 179 g/mol. The summed E-state index contributed by atoms with van der Waals surface area (Å²) in [5, 5.41) is 0.868. The van der Waals surface area contributed by atoms with E-state index >= 15 is 0 Å². The van der Waals surface area contributed by atoms with Crippen LogP contribution in [0.3, 0.4) is 0 Å². The quantitative estimate of drug-likeness (QED) is 0.612. The van der Waals surface area contributed by atoms with Crippen LogP contribution in [0.1, 0.15) is 25.2 Å². The van der Waals surface area contributed by atoms with E-state index in [0.29, 0.717) is 0 Å². The van der Waals surface area contributed by atoms with E-state index in [4.69, 9.17) is 4.42 Å². The summed E-state index contributed by atoms with van der Waals surface area (Å²) < 4.78 is 18.2. The Balaban J connectivity index is 0.000000461. The fourth-order valence-electron chi connectivity index (χ4n) is 1.32. The molecule has 0 aliphatic heterocycles. The van der Waals surface area contributed by atoms with E-state index < -0.39 is 0 Å². The summed E-state index contributed by atoms with van der Waals surface area (Å²) in [6, 6.07) is 4.57. The summed E-state index contributed by atoms with van der Waals surface area (Å²) in [4.78, 5) is 0. The average molecular weight is 194 g/mol. The molecule has 76 valence electrons. The molecule has 0 aliphatic rings. The first-order valence-corrected chi connectivity index (χ1v) is 4.84. The molecule has 0 fully saturated rings. The van der Waals surface area contributed by atoms with Crippen molar-refractivity contribution in [3.8, 4) is 0 Å². The van der Waals surface area contributed by atoms with Crippen LogP contribution in [0.2, 0.25) is 0 Å². The van der Waals surface area contributed by atoms with Gasteiger partial charge in [0.05, 0.1) is 0 Å². The van der Waals surface area contributed by atoms with E-state index in [1.807, 2.05) is 27.7 Å². The lowest BCUT2D eigenvalue weighted by Crippen LogP contribution is -1.73. The minimum Gasteiger partial charge on any atom is -0.461 e. The molecule has 0 N–H and O–H groups in total. The largest absolute Gasteiger partial charge is 0.461 e. The van der Waals surface area contributed by atoms with Crippen LogP contribution in [0.15, 0.2) is 22.6 Å². The van der Waals surface area contributed by atoms with Crippen LogP contribution in [0.5, 0.6) is 0 Å². The van der Waals surface area contributed by atoms with Gasteiger partial charge in [-0.25, -0.2) is 4.39 Å². The SMILES string of the molecule is CC.Cc1oc2ccc(F)cc2c1C. The standard InChI is InChI=1S/C10H9FO.C2H6/c1-6-7(2)12-10-4-3-8(11)5-9(6)10;1-2/h3-5H,1-2H3;1-2H3. The van der Waals surface area contributed by atoms with Crippen molar-refractivity contribution in [3.63, 3.8) is 0 Å². The number of benzene rings is 1. The Morgan fingerprint density at radius 3 is 2.43 bits per heavy atom. The zero-order chi connectivity index (χ0) is 10.7. The molecule has 0 atom stereocenters. The topological polar surface area (TPSA) is 13.1 Å². The number of hydrogen-bond acceptors (Lipinski definition) is 1. The first kappa shape index (κ1) is 10.8. The lowest BCUT2D eigenvalue weighted by molar-refractivity contribution is 0.573. The van der Waals surface area contributed by atoms with Crippen LogP contribution >= 0.6 is 0 Å². The maximum Gasteiger partial charge on any atom is 0.134 e. The summed E-state index contributed by atoms with van der Waals surface area (Å²) >= 11 is 0. The Morgan fingerprint density at radius 1 is 1.14 bits per heavy atom. The molecule has 1 nitrogen and oxygen atoms in total. The lowest BCUT2D eigenvalue weighted by Gasteiger charge is -1.88. The van der Waals surface area contributed by atoms with Crippen LogP contribution < -0.4 is 0 Å². The molecule has 14 heavy (non-hydrogen) atoms. The Hall–Kier alpha value is -1.31. The van der Waals surface area contributed by atoms with Gasteiger partial charge in [0.25, 0.3) is 0 Å². The molecule has 2 rings (SSSR count). The highest BCUT2D eigenvalue weighted by Crippen LogP contribution is 2.24. The van der Waals surface area contributed by atoms with E-state index in [0.717, 1.165) is 22.3 Å². The minimum atomic E-state index is -0.216. The molecule has 1 aromatic heterocycles. The highest BCUT2D eigenvalue weighted by molar-refractivity contribution is 5.81. The van der Waals surface area contributed by atoms with Crippen LogP contribution in [0.4, 0.5) is 4.39 Å². The molecular formula is C12H15FO. The minimum absolute atomic E-state index is 0.216. The Labute approximate surface area is 83.5 Å². The van der Waals surface area contributed by atoms with Crippen LogP contribution in [0, 0.1) is 19.7 Å². The van der Waals surface area contributed by atoms with Crippen molar-refractivity contribution in [2.75, 3.05) is 0 Å². The van der Waals surface area contributed by atoms with Gasteiger partial charge in [-0.3, -0.25) is 0 Å². The molecule has 0 aliphatic carbocycles. The van der Waals surface area contributed by atoms with Crippen molar-refractivity contribution in [2.45, 2.75) is 27.7 Å². The van der Waals surface area contributed by atoms with E-state index in [-0.39, 0.29) is 5.82 Å². The summed E-state index contributed by atoms with van der Waals surface area (Å²) in [7, 11) is 0. The summed E-state index contributed by atoms with van der Waals surface area (Å²) in [6.07, 6.45) is 0. The maximum atomic E-state index is 12.8. The van der Waals surface area contributed by atoms with Gasteiger partial charge in [0.1, 0.15) is 17.2 Å². The zero-order valence-corrected chi connectivity index (χ0v) is 9.02. The molecule has 0 amide bonds. The molecule has 0 unspecified atom stereocenters. The van der Waals surface area contributed by atoms with E-state index in [1.54, 1.807) is 6.07 Å². The van der Waals surface area contributed by atoms with Crippen molar-refractivity contribution in [1.82, 2.24) is 0 Å². The van der Waals surface area contributed by atoms with E-state index in [2.05, 4.69) is 0 Å². The number of fused-ring (bicyclic) bond motifs is 1. The molecule has 1 aromatic carbocycles. The highest BCUT2D eigenvalue weighted by atomic mass is 19.1. The average Bonchev–Trinajstić information content (AvgIpc) is 2.48. The lowest BCUT2D eigenvalue weighted by atomic mass is 10.1. The summed E-state index contributed by atoms with van der Waals surface area (Å²) in [5.41, 5.74) is 1.77. The van der Waals surface area contributed by atoms with Crippen molar-refractivity contribution < 1.29 is 8.81 Å². The number of rotatable bonds is 0. The molecule has 0 saturated heterocycles. The van der Waals surface area contributed by atoms with Crippen molar-refractivity contribution in [3.05, 3.63) is 35.3 Å². The van der Waals surface area contributed by atoms with Gasteiger partial charge >= 0.3 is 0 Å². The molecule has 0 saturated carbocycles. The van der Waals surface area contributed by atoms with Gasteiger partial charge in [0, 0.05) is 5.39 Å². The number of furan rings is 1. The highest BCUT2D eigenvalue weighted by Gasteiger charge is 2.06. The van der Waals surface area contributed by atoms with Crippen LogP contribution in [-0.2, 0) is 0 Å². The Bertz CT molecular complexity index is 429. The summed E-state index contributed by atoms with van der Waals surface area (Å²) in [6.45, 7) is 7.81. The second-order valence-corrected chi connectivity index (χ2v) is 2.92. The molecule has 0 radical (unpaired) electrons. The monoisotopic (exact) mass is 194 g/mol. The second kappa shape index (κ2) is 4.27. The predicted molar refractivity (Wildman–Crippen MR) is 57.0 cm³/mol. The Morgan fingerprint density at radius 2 is 1.79 bits per heavy atom. The Kier molecular flexibility index (Phi) is 3.28. The van der Waals surface area contributed by atoms with Gasteiger partial charge in [0.2, 0.25) is 0 Å². The maximum absolute atomic E-state index is 12.8. The van der Waals surface area contributed by atoms with E-state index in [1.165, 1.54) is 12.1 Å². The molecule has 2 aromatic rings. The third-order valence-corrected chi connectivity index (χ3v) is 2.14. The van der Waals surface area contributed by atoms with Gasteiger partial charge in [-0.15, -0.1) is 0 Å². The summed E-state index contributed by atoms with van der Waals surface area (Å²) in [5.74, 6) is 0.641. The van der Waals surface area contributed by atoms with Gasteiger partial charge in [0.15, 0.2) is 0 Å². The third-order valence-electron chi connectivity index (χ3n) is 2.14. The number of hydrogen-bond donors (Lipinski definition) is 0. The van der Waals surface area contributed by atoms with Crippen LogP contribution in [-0.4, -0.2) is 0 Å². The first-order valence-electron chi connectivity index (χ1n) is 4.84. The molecule has 0 bridgehead atoms. The predicted octanol–water partition coefficient (Wildman–Crippen LogP) is 4.21. The fraction of sp³-hybridized carbons (Fsp3) is 0.333. The zero-order valence-electron chi connectivity index (χ0n) is 9.02. The van der Waals surface area contributed by atoms with Gasteiger partial charge in [-0.2, -0.15) is 0 Å². The van der Waals surface area contributed by atoms with Gasteiger partial charge < -0.3 is 4.42 Å². The van der Waals surface area contributed by atoms with Crippen LogP contribution in [0.25, 0.3) is 11.0 Å². The molecule has 2 heteroatoms. The normalized spacial score (nSPS) is 9.79. The van der Waals surface area contributed by atoms with Gasteiger partial charge in [-0.1, -0.05) is 13.8 Å². The number of halogens is 1. The van der Waals surface area contributed by atoms with E-state index in [9.17, 15) is 4.39 Å². The van der Waals surface area contributed by atoms with Crippen molar-refractivity contribution in [2.24, 2.45) is 0 Å². The fourth-order valence-corrected chi connectivity index (χ4v) is 1.32. The third kappa shape index (κ3) is 1.79. The van der Waals surface area contributed by atoms with Crippen molar-refractivity contribution >= 4 is 11.0 Å². The number of aryl methyl sites for hydroxylation is 2. The van der Waals surface area contributed by atoms with Crippen molar-refractivity contribution in [1.29, 1.82) is 0 Å². The first-order chi connectivity index (χ1) is 6.68.